The number of hydrogen-bond donors (Lipinski definition) is 1. The molecule has 2 aromatic carbocycles. The molecule has 1 amide bonds. The predicted octanol–water partition coefficient (Wildman–Crippen LogP) is 7.05. The minimum atomic E-state index is -0.568. The number of aryl methyl sites for hydroxylation is 1. The highest BCUT2D eigenvalue weighted by atomic mass is 79.9. The Bertz CT molecular complexity index is 1440. The highest BCUT2D eigenvalue weighted by molar-refractivity contribution is 9.10. The topological polar surface area (TPSA) is 95.1 Å². The number of benzene rings is 2. The number of hydrogen-bond acceptors (Lipinski definition) is 6. The van der Waals surface area contributed by atoms with Crippen molar-refractivity contribution in [1.82, 2.24) is 0 Å². The molecule has 0 bridgehead atoms. The van der Waals surface area contributed by atoms with E-state index in [2.05, 4.69) is 27.3 Å². The van der Waals surface area contributed by atoms with Gasteiger partial charge < -0.3 is 14.8 Å². The Balaban J connectivity index is 1.56. The summed E-state index contributed by atoms with van der Waals surface area (Å²) in [6.45, 7) is 0.238. The second-order valence-electron chi connectivity index (χ2n) is 8.06. The van der Waals surface area contributed by atoms with Crippen LogP contribution in [0, 0.1) is 22.7 Å². The third kappa shape index (κ3) is 5.57. The molecular weight excluding hydrogens is 562 g/mol. The van der Waals surface area contributed by atoms with Gasteiger partial charge >= 0.3 is 0 Å². The zero-order chi connectivity index (χ0) is 25.7. The van der Waals surface area contributed by atoms with E-state index < -0.39 is 5.91 Å². The summed E-state index contributed by atoms with van der Waals surface area (Å²) in [6, 6.07) is 15.0. The van der Waals surface area contributed by atoms with Crippen molar-refractivity contribution in [3.63, 3.8) is 0 Å². The number of rotatable bonds is 7. The number of methoxy groups -OCH3 is 1. The lowest BCUT2D eigenvalue weighted by molar-refractivity contribution is -0.112. The van der Waals surface area contributed by atoms with Crippen molar-refractivity contribution in [3.8, 4) is 23.6 Å². The first-order chi connectivity index (χ1) is 17.4. The molecule has 182 valence electrons. The van der Waals surface area contributed by atoms with Crippen LogP contribution in [0.15, 0.2) is 46.4 Å². The van der Waals surface area contributed by atoms with Gasteiger partial charge in [-0.3, -0.25) is 4.79 Å². The van der Waals surface area contributed by atoms with Crippen LogP contribution in [0.3, 0.4) is 0 Å². The number of nitriles is 2. The van der Waals surface area contributed by atoms with Crippen LogP contribution in [0.25, 0.3) is 6.08 Å². The molecule has 1 aromatic heterocycles. The Kier molecular flexibility index (Phi) is 8.32. The molecule has 1 N–H and O–H groups in total. The second-order valence-corrected chi connectivity index (χ2v) is 10.4. The minimum absolute atomic E-state index is 0.0936. The second kappa shape index (κ2) is 11.6. The maximum atomic E-state index is 12.9. The van der Waals surface area contributed by atoms with Gasteiger partial charge in [-0.15, -0.1) is 11.3 Å². The molecule has 4 rings (SSSR count). The lowest BCUT2D eigenvalue weighted by Gasteiger charge is -2.14. The molecule has 0 radical (unpaired) electrons. The minimum Gasteiger partial charge on any atom is -0.493 e. The molecular formula is C27H21BrClN3O3S. The van der Waals surface area contributed by atoms with E-state index in [-0.39, 0.29) is 12.2 Å². The van der Waals surface area contributed by atoms with Crippen molar-refractivity contribution in [2.45, 2.75) is 32.3 Å². The van der Waals surface area contributed by atoms with E-state index in [1.807, 2.05) is 24.3 Å². The average molecular weight is 583 g/mol. The first kappa shape index (κ1) is 25.8. The molecule has 0 saturated carbocycles. The smallest absolute Gasteiger partial charge is 0.266 e. The van der Waals surface area contributed by atoms with Crippen LogP contribution in [-0.4, -0.2) is 13.0 Å². The van der Waals surface area contributed by atoms with Gasteiger partial charge in [-0.1, -0.05) is 29.8 Å². The van der Waals surface area contributed by atoms with Gasteiger partial charge in [0.2, 0.25) is 0 Å². The summed E-state index contributed by atoms with van der Waals surface area (Å²) < 4.78 is 12.0. The SMILES string of the molecule is COc1cc(/C=C(\C#N)C(=O)Nc2sc3c(c2C#N)CCCC3)cc(Br)c1OCc1ccccc1Cl. The first-order valence-corrected chi connectivity index (χ1v) is 13.2. The number of halogens is 2. The van der Waals surface area contributed by atoms with Gasteiger partial charge in [-0.2, -0.15) is 10.5 Å². The molecule has 36 heavy (non-hydrogen) atoms. The normalized spacial score (nSPS) is 12.8. The number of ether oxygens (including phenoxy) is 2. The van der Waals surface area contributed by atoms with E-state index in [1.54, 1.807) is 18.2 Å². The Morgan fingerprint density at radius 2 is 2.03 bits per heavy atom. The molecule has 0 aliphatic heterocycles. The number of nitrogens with one attached hydrogen (secondary N) is 1. The fourth-order valence-corrected chi connectivity index (χ4v) is 5.99. The Morgan fingerprint density at radius 3 is 2.75 bits per heavy atom. The van der Waals surface area contributed by atoms with Crippen LogP contribution >= 0.6 is 38.9 Å². The Labute approximate surface area is 226 Å². The number of carbonyl (C=O) groups excluding carboxylic acids is 1. The van der Waals surface area contributed by atoms with E-state index >= 15 is 0 Å². The molecule has 0 spiro atoms. The number of fused-ring (bicyclic) bond motifs is 1. The molecule has 0 unspecified atom stereocenters. The van der Waals surface area contributed by atoms with Gasteiger partial charge in [0.05, 0.1) is 17.1 Å². The number of carbonyl (C=O) groups is 1. The zero-order valence-corrected chi connectivity index (χ0v) is 22.5. The summed E-state index contributed by atoms with van der Waals surface area (Å²) >= 11 is 11.1. The van der Waals surface area contributed by atoms with Crippen molar-refractivity contribution < 1.29 is 14.3 Å². The number of amides is 1. The van der Waals surface area contributed by atoms with Crippen LogP contribution in [0.2, 0.25) is 5.02 Å². The van der Waals surface area contributed by atoms with E-state index in [0.29, 0.717) is 37.1 Å². The van der Waals surface area contributed by atoms with E-state index in [0.717, 1.165) is 41.7 Å². The van der Waals surface area contributed by atoms with Crippen LogP contribution < -0.4 is 14.8 Å². The lowest BCUT2D eigenvalue weighted by atomic mass is 9.96. The maximum absolute atomic E-state index is 12.9. The predicted molar refractivity (Wildman–Crippen MR) is 144 cm³/mol. The van der Waals surface area contributed by atoms with Crippen molar-refractivity contribution in [2.24, 2.45) is 0 Å². The average Bonchev–Trinajstić information content (AvgIpc) is 3.23. The van der Waals surface area contributed by atoms with Gasteiger partial charge in [-0.05, 0) is 77.0 Å². The van der Waals surface area contributed by atoms with E-state index in [4.69, 9.17) is 21.1 Å². The monoisotopic (exact) mass is 581 g/mol. The summed E-state index contributed by atoms with van der Waals surface area (Å²) in [4.78, 5) is 14.1. The van der Waals surface area contributed by atoms with E-state index in [9.17, 15) is 15.3 Å². The number of nitrogens with zero attached hydrogens (tertiary/aromatic N) is 2. The Hall–Kier alpha value is -3.30. The molecule has 1 aliphatic rings. The summed E-state index contributed by atoms with van der Waals surface area (Å²) in [6.07, 6.45) is 5.32. The standard InChI is InChI=1S/C27H21BrClN3O3S/c1-34-23-12-16(11-21(28)25(23)35-15-17-6-2-4-8-22(17)29)10-18(13-30)26(33)32-27-20(14-31)19-7-3-5-9-24(19)36-27/h2,4,6,8,10-12H,3,5,7,9,15H2,1H3,(H,32,33)/b18-10+. The van der Waals surface area contributed by atoms with Crippen molar-refractivity contribution in [2.75, 3.05) is 12.4 Å². The summed E-state index contributed by atoms with van der Waals surface area (Å²) in [5.74, 6) is 0.333. The summed E-state index contributed by atoms with van der Waals surface area (Å²) in [5, 5.41) is 23.2. The highest BCUT2D eigenvalue weighted by Gasteiger charge is 2.23. The fourth-order valence-electron chi connectivity index (χ4n) is 3.99. The molecule has 1 aliphatic carbocycles. The molecule has 1 heterocycles. The quantitative estimate of drug-likeness (QED) is 0.238. The van der Waals surface area contributed by atoms with Crippen LogP contribution in [0.4, 0.5) is 5.00 Å². The maximum Gasteiger partial charge on any atom is 0.266 e. The van der Waals surface area contributed by atoms with E-state index in [1.165, 1.54) is 24.5 Å². The molecule has 0 saturated heterocycles. The van der Waals surface area contributed by atoms with Crippen LogP contribution in [0.1, 0.15) is 40.0 Å². The van der Waals surface area contributed by atoms with Crippen molar-refractivity contribution >= 4 is 55.9 Å². The molecule has 0 atom stereocenters. The van der Waals surface area contributed by atoms with Crippen LogP contribution in [-0.2, 0) is 24.2 Å². The third-order valence-electron chi connectivity index (χ3n) is 5.77. The largest absolute Gasteiger partial charge is 0.493 e. The zero-order valence-electron chi connectivity index (χ0n) is 19.4. The molecule has 0 fully saturated rings. The van der Waals surface area contributed by atoms with Crippen LogP contribution in [0.5, 0.6) is 11.5 Å². The molecule has 9 heteroatoms. The Morgan fingerprint density at radius 1 is 1.25 bits per heavy atom. The summed E-state index contributed by atoms with van der Waals surface area (Å²) in [7, 11) is 1.51. The summed E-state index contributed by atoms with van der Waals surface area (Å²) in [5.41, 5.74) is 2.83. The van der Waals surface area contributed by atoms with Gasteiger partial charge in [-0.25, -0.2) is 0 Å². The van der Waals surface area contributed by atoms with Crippen molar-refractivity contribution in [3.05, 3.63) is 78.6 Å². The van der Waals surface area contributed by atoms with Gasteiger partial charge in [0, 0.05) is 15.5 Å². The number of anilines is 1. The molecule has 3 aromatic rings. The van der Waals surface area contributed by atoms with Gasteiger partial charge in [0.1, 0.15) is 29.3 Å². The highest BCUT2D eigenvalue weighted by Crippen LogP contribution is 2.39. The molecule has 6 nitrogen and oxygen atoms in total. The fraction of sp³-hybridized carbons (Fsp3) is 0.222. The third-order valence-corrected chi connectivity index (χ3v) is 7.93. The van der Waals surface area contributed by atoms with Gasteiger partial charge in [0.25, 0.3) is 5.91 Å². The lowest BCUT2D eigenvalue weighted by Crippen LogP contribution is -2.13. The van der Waals surface area contributed by atoms with Crippen molar-refractivity contribution in [1.29, 1.82) is 10.5 Å². The first-order valence-electron chi connectivity index (χ1n) is 11.2. The van der Waals surface area contributed by atoms with Gasteiger partial charge in [0.15, 0.2) is 11.5 Å². The number of thiophene rings is 1.